The molecule has 12 N–H and O–H groups in total. The molecule has 0 spiro atoms. The molecule has 292 valence electrons. The Morgan fingerprint density at radius 1 is 0.846 bits per heavy atom. The minimum Gasteiger partial charge on any atom is -0.480 e. The van der Waals surface area contributed by atoms with Gasteiger partial charge in [-0.15, -0.1) is 0 Å². The summed E-state index contributed by atoms with van der Waals surface area (Å²) in [5.74, 6) is -5.19. The summed E-state index contributed by atoms with van der Waals surface area (Å²) in [7, 11) is -1.28. The lowest BCUT2D eigenvalue weighted by molar-refractivity contribution is -0.142. The van der Waals surface area contributed by atoms with Gasteiger partial charge in [-0.1, -0.05) is 64.4 Å². The van der Waals surface area contributed by atoms with Crippen LogP contribution in [0.3, 0.4) is 0 Å². The van der Waals surface area contributed by atoms with E-state index in [1.165, 1.54) is 6.26 Å². The van der Waals surface area contributed by atoms with E-state index in [4.69, 9.17) is 17.2 Å². The molecule has 1 unspecified atom stereocenters. The van der Waals surface area contributed by atoms with Crippen LogP contribution >= 0.6 is 0 Å². The molecule has 1 aromatic rings. The Labute approximate surface area is 307 Å². The van der Waals surface area contributed by atoms with Crippen molar-refractivity contribution in [2.75, 3.05) is 25.1 Å². The van der Waals surface area contributed by atoms with Crippen LogP contribution in [0.5, 0.6) is 0 Å². The number of carboxylic acids is 1. The van der Waals surface area contributed by atoms with Gasteiger partial charge in [0.15, 0.2) is 5.96 Å². The molecule has 0 fully saturated rings. The first kappa shape index (κ1) is 45.4. The van der Waals surface area contributed by atoms with E-state index in [0.717, 1.165) is 5.56 Å². The number of rotatable bonds is 24. The first-order valence-corrected chi connectivity index (χ1v) is 19.0. The van der Waals surface area contributed by atoms with Crippen molar-refractivity contribution in [2.24, 2.45) is 34.0 Å². The molecule has 0 aromatic heterocycles. The van der Waals surface area contributed by atoms with Gasteiger partial charge in [0.05, 0.1) is 12.6 Å². The summed E-state index contributed by atoms with van der Waals surface area (Å²) < 4.78 is 11.9. The molecule has 0 radical (unpaired) electrons. The van der Waals surface area contributed by atoms with Gasteiger partial charge in [-0.25, -0.2) is 4.79 Å². The Hall–Kier alpha value is -4.58. The van der Waals surface area contributed by atoms with E-state index in [1.54, 1.807) is 27.7 Å². The number of nitrogens with zero attached hydrogens (tertiary/aromatic N) is 1. The van der Waals surface area contributed by atoms with Crippen LogP contribution in [0, 0.1) is 11.8 Å². The highest BCUT2D eigenvalue weighted by Crippen LogP contribution is 2.11. The van der Waals surface area contributed by atoms with E-state index in [0.29, 0.717) is 6.42 Å². The fraction of sp³-hybridized carbons (Fsp3) is 0.618. The van der Waals surface area contributed by atoms with Gasteiger partial charge in [-0.3, -0.25) is 33.2 Å². The lowest BCUT2D eigenvalue weighted by Crippen LogP contribution is -2.58. The van der Waals surface area contributed by atoms with E-state index in [1.807, 2.05) is 30.3 Å². The quantitative estimate of drug-likeness (QED) is 0.0337. The molecule has 52 heavy (non-hydrogen) atoms. The lowest BCUT2D eigenvalue weighted by Gasteiger charge is -2.27. The van der Waals surface area contributed by atoms with Gasteiger partial charge in [-0.2, -0.15) is 0 Å². The summed E-state index contributed by atoms with van der Waals surface area (Å²) in [6, 6.07) is 3.50. The molecule has 18 heteroatoms. The molecule has 0 aliphatic rings. The zero-order chi connectivity index (χ0) is 39.4. The third-order valence-electron chi connectivity index (χ3n) is 8.10. The number of amides is 5. The van der Waals surface area contributed by atoms with Crippen LogP contribution in [0.15, 0.2) is 35.3 Å². The summed E-state index contributed by atoms with van der Waals surface area (Å²) in [5, 5.41) is 22.4. The zero-order valence-corrected chi connectivity index (χ0v) is 31.5. The fourth-order valence-electron chi connectivity index (χ4n) is 5.01. The number of carbonyl (C=O) groups is 6. The maximum absolute atomic E-state index is 13.5. The van der Waals surface area contributed by atoms with Gasteiger partial charge in [0, 0.05) is 29.4 Å². The second-order valence-corrected chi connectivity index (χ2v) is 14.7. The Balaban J connectivity index is 3.03. The number of hydrogen-bond acceptors (Lipinski definition) is 9. The number of nitrogens with one attached hydrogen (secondary N) is 5. The zero-order valence-electron chi connectivity index (χ0n) is 30.7. The molecule has 17 nitrogen and oxygen atoms in total. The molecule has 0 saturated heterocycles. The van der Waals surface area contributed by atoms with Crippen LogP contribution in [0.25, 0.3) is 0 Å². The van der Waals surface area contributed by atoms with Crippen LogP contribution in [0.1, 0.15) is 65.4 Å². The number of hydrogen-bond donors (Lipinski definition) is 9. The third kappa shape index (κ3) is 18.1. The number of carboxylic acid groups (broad SMARTS) is 1. The van der Waals surface area contributed by atoms with Gasteiger partial charge in [0.1, 0.15) is 24.2 Å². The molecule has 7 atom stereocenters. The maximum Gasteiger partial charge on any atom is 0.326 e. The summed E-state index contributed by atoms with van der Waals surface area (Å²) in [4.78, 5) is 81.6. The molecule has 1 rings (SSSR count). The summed E-state index contributed by atoms with van der Waals surface area (Å²) in [6.45, 7) is 6.72. The van der Waals surface area contributed by atoms with Crippen molar-refractivity contribution in [3.8, 4) is 0 Å². The molecular weight excluding hydrogens is 694 g/mol. The number of benzene rings is 1. The average molecular weight is 752 g/mol. The lowest BCUT2D eigenvalue weighted by atomic mass is 9.97. The third-order valence-corrected chi connectivity index (χ3v) is 8.91. The van der Waals surface area contributed by atoms with Crippen LogP contribution in [0.4, 0.5) is 0 Å². The molecule has 0 heterocycles. The van der Waals surface area contributed by atoms with Crippen molar-refractivity contribution in [1.82, 2.24) is 26.6 Å². The van der Waals surface area contributed by atoms with Crippen LogP contribution in [0.2, 0.25) is 0 Å². The van der Waals surface area contributed by atoms with Gasteiger partial charge < -0.3 is 48.9 Å². The average Bonchev–Trinajstić information content (AvgIpc) is 3.08. The number of aliphatic carboxylic acids is 1. The Morgan fingerprint density at radius 2 is 1.44 bits per heavy atom. The Bertz CT molecular complexity index is 1390. The summed E-state index contributed by atoms with van der Waals surface area (Å²) in [6.07, 6.45) is 2.66. The van der Waals surface area contributed by atoms with Gasteiger partial charge in [-0.05, 0) is 49.5 Å². The van der Waals surface area contributed by atoms with Crippen molar-refractivity contribution < 1.29 is 38.1 Å². The first-order valence-electron chi connectivity index (χ1n) is 17.3. The SMILES string of the molecule is CC[C@H](C)[C@H](NC(=O)[C@H](CCS(C)=O)NC(=O)[C@@H](N)Cc1ccccc1)C(=O)NCC(=O)N[C@@H](CCCN=C(N)N)C(=O)N[C@@H](CC(C)C)C(=O)O. The smallest absolute Gasteiger partial charge is 0.326 e. The van der Waals surface area contributed by atoms with E-state index < -0.39 is 89.0 Å². The minimum atomic E-state index is -1.28. The number of carbonyl (C=O) groups excluding carboxylic acids is 5. The number of guanidine groups is 1. The molecule has 1 aromatic carbocycles. The van der Waals surface area contributed by atoms with E-state index in [-0.39, 0.29) is 56.3 Å². The summed E-state index contributed by atoms with van der Waals surface area (Å²) in [5.41, 5.74) is 17.7. The molecule has 0 aliphatic heterocycles. The highest BCUT2D eigenvalue weighted by molar-refractivity contribution is 7.84. The monoisotopic (exact) mass is 751 g/mol. The largest absolute Gasteiger partial charge is 0.480 e. The minimum absolute atomic E-state index is 0.0164. The van der Waals surface area contributed by atoms with Gasteiger partial charge in [0.2, 0.25) is 29.5 Å². The topological polar surface area (TPSA) is 290 Å². The highest BCUT2D eigenvalue weighted by atomic mass is 32.2. The molecule has 0 bridgehead atoms. The van der Waals surface area contributed by atoms with Crippen LogP contribution < -0.4 is 43.8 Å². The number of nitrogens with two attached hydrogens (primary N) is 3. The van der Waals surface area contributed by atoms with Crippen LogP contribution in [-0.4, -0.2) is 106 Å². The van der Waals surface area contributed by atoms with Crippen molar-refractivity contribution in [3.05, 3.63) is 35.9 Å². The van der Waals surface area contributed by atoms with E-state index in [9.17, 15) is 38.1 Å². The van der Waals surface area contributed by atoms with E-state index in [2.05, 4.69) is 31.6 Å². The predicted molar refractivity (Wildman–Crippen MR) is 199 cm³/mol. The van der Waals surface area contributed by atoms with Gasteiger partial charge >= 0.3 is 5.97 Å². The highest BCUT2D eigenvalue weighted by Gasteiger charge is 2.32. The predicted octanol–water partition coefficient (Wildman–Crippen LogP) is -1.39. The Kier molecular flexibility index (Phi) is 20.8. The number of aliphatic imine (C=N–C) groups is 1. The fourth-order valence-corrected chi connectivity index (χ4v) is 5.58. The van der Waals surface area contributed by atoms with Crippen LogP contribution in [-0.2, 0) is 46.0 Å². The van der Waals surface area contributed by atoms with Gasteiger partial charge in [0.25, 0.3) is 0 Å². The van der Waals surface area contributed by atoms with Crippen molar-refractivity contribution in [3.63, 3.8) is 0 Å². The maximum atomic E-state index is 13.5. The van der Waals surface area contributed by atoms with E-state index >= 15 is 0 Å². The molecule has 0 aliphatic carbocycles. The molecular formula is C34H57N9O8S. The van der Waals surface area contributed by atoms with Crippen molar-refractivity contribution >= 4 is 52.3 Å². The van der Waals surface area contributed by atoms with Crippen molar-refractivity contribution in [1.29, 1.82) is 0 Å². The standard InChI is InChI=1S/C34H57N9O8S/c1-6-21(4)28(43-31(47)25(14-16-52(5)51)41-29(45)23(35)18-22-11-8-7-9-12-22)32(48)39-19-27(44)40-24(13-10-15-38-34(36)37)30(46)42-26(33(49)50)17-20(2)3/h7-9,11-12,20-21,23-26,28H,6,10,13-19,35H2,1-5H3,(H,39,48)(H,40,44)(H,41,45)(H,42,46)(H,43,47)(H,49,50)(H4,36,37,38)/t21-,23-,24-,25-,26-,28-,52?/m0/s1. The molecule has 0 saturated carbocycles. The normalized spacial score (nSPS) is 15.1. The second kappa shape index (κ2) is 23.8. The first-order chi connectivity index (χ1) is 24.4. The summed E-state index contributed by atoms with van der Waals surface area (Å²) >= 11 is 0. The Morgan fingerprint density at radius 3 is 2.00 bits per heavy atom. The second-order valence-electron chi connectivity index (χ2n) is 13.1. The van der Waals surface area contributed by atoms with Crippen molar-refractivity contribution in [2.45, 2.75) is 96.4 Å². The molecule has 5 amide bonds.